The molecule has 2 aromatic rings. The molecular weight excluding hydrogens is 296 g/mol. The van der Waals surface area contributed by atoms with Gasteiger partial charge < -0.3 is 5.32 Å². The minimum absolute atomic E-state index is 0.328. The summed E-state index contributed by atoms with van der Waals surface area (Å²) in [5.74, 6) is -0.328. The van der Waals surface area contributed by atoms with Crippen molar-refractivity contribution >= 4 is 23.2 Å². The Balaban J connectivity index is 1.97. The average Bonchev–Trinajstić information content (AvgIpc) is 3.21. The molecule has 0 atom stereocenters. The molecular formula is C16H14Cl2FN. The molecule has 1 nitrogen and oxygen atoms in total. The van der Waals surface area contributed by atoms with Gasteiger partial charge in [0.1, 0.15) is 5.82 Å². The Morgan fingerprint density at radius 1 is 1.05 bits per heavy atom. The Kier molecular flexibility index (Phi) is 3.97. The van der Waals surface area contributed by atoms with Crippen LogP contribution in [0.5, 0.6) is 0 Å². The molecule has 0 aliphatic heterocycles. The van der Waals surface area contributed by atoms with Crippen LogP contribution in [0.15, 0.2) is 36.4 Å². The third-order valence-corrected chi connectivity index (χ3v) is 3.99. The Morgan fingerprint density at radius 2 is 1.80 bits per heavy atom. The normalized spacial score (nSPS) is 14.6. The van der Waals surface area contributed by atoms with Crippen LogP contribution in [-0.4, -0.2) is 6.04 Å². The van der Waals surface area contributed by atoms with Crippen LogP contribution in [0.3, 0.4) is 0 Å². The van der Waals surface area contributed by atoms with E-state index in [1.807, 2.05) is 18.2 Å². The molecule has 104 valence electrons. The fourth-order valence-corrected chi connectivity index (χ4v) is 2.68. The van der Waals surface area contributed by atoms with E-state index < -0.39 is 0 Å². The van der Waals surface area contributed by atoms with Crippen molar-refractivity contribution in [3.63, 3.8) is 0 Å². The Hall–Kier alpha value is -1.09. The van der Waals surface area contributed by atoms with Gasteiger partial charge >= 0.3 is 0 Å². The highest BCUT2D eigenvalue weighted by Gasteiger charge is 2.21. The summed E-state index contributed by atoms with van der Waals surface area (Å²) in [5, 5.41) is 4.58. The van der Waals surface area contributed by atoms with E-state index in [4.69, 9.17) is 23.2 Å². The van der Waals surface area contributed by atoms with Crippen LogP contribution in [0.25, 0.3) is 11.1 Å². The quantitative estimate of drug-likeness (QED) is 0.833. The predicted molar refractivity (Wildman–Crippen MR) is 81.7 cm³/mol. The van der Waals surface area contributed by atoms with Crippen molar-refractivity contribution in [2.75, 3.05) is 0 Å². The summed E-state index contributed by atoms with van der Waals surface area (Å²) < 4.78 is 13.2. The first-order valence-corrected chi connectivity index (χ1v) is 7.36. The van der Waals surface area contributed by atoms with Crippen LogP contribution in [0.1, 0.15) is 18.4 Å². The molecule has 0 bridgehead atoms. The monoisotopic (exact) mass is 309 g/mol. The van der Waals surface area contributed by atoms with Crippen molar-refractivity contribution in [2.45, 2.75) is 25.4 Å². The molecule has 0 heterocycles. The standard InChI is InChI=1S/C16H14Cl2FN/c17-11-1-5-14(10(7-11)9-20-13-3-4-13)15-6-2-12(19)8-16(15)18/h1-2,5-8,13,20H,3-4,9H2. The summed E-state index contributed by atoms with van der Waals surface area (Å²) in [4.78, 5) is 0. The van der Waals surface area contributed by atoms with Crippen LogP contribution < -0.4 is 5.32 Å². The van der Waals surface area contributed by atoms with Crippen LogP contribution in [-0.2, 0) is 6.54 Å². The van der Waals surface area contributed by atoms with Crippen molar-refractivity contribution in [3.05, 3.63) is 57.8 Å². The van der Waals surface area contributed by atoms with Gasteiger partial charge in [-0.3, -0.25) is 0 Å². The van der Waals surface area contributed by atoms with Gasteiger partial charge in [0.25, 0.3) is 0 Å². The number of benzene rings is 2. The molecule has 0 aromatic heterocycles. The molecule has 0 unspecified atom stereocenters. The summed E-state index contributed by atoms with van der Waals surface area (Å²) in [7, 11) is 0. The second kappa shape index (κ2) is 5.72. The second-order valence-corrected chi connectivity index (χ2v) is 5.92. The van der Waals surface area contributed by atoms with Gasteiger partial charge in [0.2, 0.25) is 0 Å². The molecule has 1 aliphatic carbocycles. The van der Waals surface area contributed by atoms with Crippen molar-refractivity contribution < 1.29 is 4.39 Å². The second-order valence-electron chi connectivity index (χ2n) is 5.08. The summed E-state index contributed by atoms with van der Waals surface area (Å²) in [5.41, 5.74) is 2.91. The molecule has 0 amide bonds. The van der Waals surface area contributed by atoms with Gasteiger partial charge in [0, 0.05) is 23.2 Å². The lowest BCUT2D eigenvalue weighted by molar-refractivity contribution is 0.628. The molecule has 20 heavy (non-hydrogen) atoms. The maximum atomic E-state index is 13.2. The fourth-order valence-electron chi connectivity index (χ4n) is 2.22. The van der Waals surface area contributed by atoms with Crippen LogP contribution in [0.4, 0.5) is 4.39 Å². The van der Waals surface area contributed by atoms with Gasteiger partial charge in [-0.15, -0.1) is 0 Å². The summed E-state index contributed by atoms with van der Waals surface area (Å²) in [6.45, 7) is 0.744. The third-order valence-electron chi connectivity index (χ3n) is 3.45. The molecule has 1 N–H and O–H groups in total. The van der Waals surface area contributed by atoms with E-state index in [1.54, 1.807) is 6.07 Å². The minimum Gasteiger partial charge on any atom is -0.310 e. The molecule has 4 heteroatoms. The van der Waals surface area contributed by atoms with Crippen LogP contribution >= 0.6 is 23.2 Å². The van der Waals surface area contributed by atoms with E-state index in [0.29, 0.717) is 16.1 Å². The van der Waals surface area contributed by atoms with Crippen LogP contribution in [0, 0.1) is 5.82 Å². The molecule has 3 rings (SSSR count). The highest BCUT2D eigenvalue weighted by molar-refractivity contribution is 6.33. The Bertz CT molecular complexity index is 638. The van der Waals surface area contributed by atoms with Crippen molar-refractivity contribution in [1.29, 1.82) is 0 Å². The largest absolute Gasteiger partial charge is 0.310 e. The van der Waals surface area contributed by atoms with E-state index in [2.05, 4.69) is 5.32 Å². The summed E-state index contributed by atoms with van der Waals surface area (Å²) in [6.07, 6.45) is 2.46. The first-order chi connectivity index (χ1) is 9.63. The SMILES string of the molecule is Fc1ccc(-c2ccc(Cl)cc2CNC2CC2)c(Cl)c1. The number of hydrogen-bond acceptors (Lipinski definition) is 1. The van der Waals surface area contributed by atoms with E-state index in [0.717, 1.165) is 23.2 Å². The molecule has 2 aromatic carbocycles. The molecule has 0 saturated heterocycles. The van der Waals surface area contributed by atoms with E-state index in [1.165, 1.54) is 25.0 Å². The van der Waals surface area contributed by atoms with Gasteiger partial charge in [-0.1, -0.05) is 29.3 Å². The molecule has 0 radical (unpaired) electrons. The lowest BCUT2D eigenvalue weighted by Crippen LogP contribution is -2.15. The predicted octanol–water partition coefficient (Wildman–Crippen LogP) is 5.05. The van der Waals surface area contributed by atoms with E-state index in [9.17, 15) is 4.39 Å². The third kappa shape index (κ3) is 3.14. The number of hydrogen-bond donors (Lipinski definition) is 1. The van der Waals surface area contributed by atoms with Gasteiger partial charge in [0.15, 0.2) is 0 Å². The zero-order chi connectivity index (χ0) is 14.1. The Labute approximate surface area is 127 Å². The van der Waals surface area contributed by atoms with Crippen molar-refractivity contribution in [3.8, 4) is 11.1 Å². The maximum Gasteiger partial charge on any atom is 0.124 e. The molecule has 1 aliphatic rings. The highest BCUT2D eigenvalue weighted by atomic mass is 35.5. The smallest absolute Gasteiger partial charge is 0.124 e. The zero-order valence-corrected chi connectivity index (χ0v) is 12.3. The molecule has 1 fully saturated rings. The van der Waals surface area contributed by atoms with Crippen LogP contribution in [0.2, 0.25) is 10.0 Å². The van der Waals surface area contributed by atoms with Gasteiger partial charge in [0.05, 0.1) is 5.02 Å². The lowest BCUT2D eigenvalue weighted by Gasteiger charge is -2.12. The first kappa shape index (κ1) is 13.9. The summed E-state index contributed by atoms with van der Waals surface area (Å²) in [6, 6.07) is 10.8. The van der Waals surface area contributed by atoms with Gasteiger partial charge in [-0.05, 0) is 54.3 Å². The Morgan fingerprint density at radius 3 is 2.50 bits per heavy atom. The first-order valence-electron chi connectivity index (χ1n) is 6.61. The maximum absolute atomic E-state index is 13.2. The average molecular weight is 310 g/mol. The lowest BCUT2D eigenvalue weighted by atomic mass is 9.99. The number of rotatable bonds is 4. The molecule has 0 spiro atoms. The zero-order valence-electron chi connectivity index (χ0n) is 10.8. The van der Waals surface area contributed by atoms with Gasteiger partial charge in [-0.25, -0.2) is 4.39 Å². The fraction of sp³-hybridized carbons (Fsp3) is 0.250. The van der Waals surface area contributed by atoms with Crippen molar-refractivity contribution in [1.82, 2.24) is 5.32 Å². The number of halogens is 3. The van der Waals surface area contributed by atoms with Gasteiger partial charge in [-0.2, -0.15) is 0 Å². The van der Waals surface area contributed by atoms with E-state index >= 15 is 0 Å². The number of nitrogens with one attached hydrogen (secondary N) is 1. The summed E-state index contributed by atoms with van der Waals surface area (Å²) >= 11 is 12.2. The topological polar surface area (TPSA) is 12.0 Å². The van der Waals surface area contributed by atoms with E-state index in [-0.39, 0.29) is 5.82 Å². The minimum atomic E-state index is -0.328. The highest BCUT2D eigenvalue weighted by Crippen LogP contribution is 2.33. The van der Waals surface area contributed by atoms with Crippen molar-refractivity contribution in [2.24, 2.45) is 0 Å². The molecule has 1 saturated carbocycles.